The zero-order valence-corrected chi connectivity index (χ0v) is 17.5. The van der Waals surface area contributed by atoms with Gasteiger partial charge in [-0.1, -0.05) is 42.5 Å². The molecule has 29 heavy (non-hydrogen) atoms. The van der Waals surface area contributed by atoms with Crippen LogP contribution in [0.2, 0.25) is 0 Å². The zero-order chi connectivity index (χ0) is 20.5. The zero-order valence-electron chi connectivity index (χ0n) is 17.5. The van der Waals surface area contributed by atoms with E-state index in [1.54, 1.807) is 0 Å². The Hall–Kier alpha value is -2.82. The van der Waals surface area contributed by atoms with Crippen LogP contribution in [0.3, 0.4) is 0 Å². The Labute approximate surface area is 174 Å². The van der Waals surface area contributed by atoms with E-state index in [2.05, 4.69) is 36.6 Å². The van der Waals surface area contributed by atoms with Crippen molar-refractivity contribution in [3.8, 4) is 0 Å². The summed E-state index contributed by atoms with van der Waals surface area (Å²) >= 11 is 0. The van der Waals surface area contributed by atoms with Crippen molar-refractivity contribution in [2.24, 2.45) is 4.99 Å². The molecule has 1 unspecified atom stereocenters. The van der Waals surface area contributed by atoms with E-state index in [4.69, 9.17) is 4.99 Å². The fraction of sp³-hybridized carbons (Fsp3) is 0.417. The number of rotatable bonds is 6. The minimum atomic E-state index is 0.145. The highest BCUT2D eigenvalue weighted by Crippen LogP contribution is 2.15. The number of amides is 1. The molecule has 0 saturated carbocycles. The third-order valence-electron chi connectivity index (χ3n) is 5.26. The van der Waals surface area contributed by atoms with Crippen LogP contribution in [0.25, 0.3) is 0 Å². The van der Waals surface area contributed by atoms with Crippen LogP contribution < -0.4 is 10.6 Å². The highest BCUT2D eigenvalue weighted by molar-refractivity contribution is 5.94. The number of piperidine rings is 1. The Kier molecular flexibility index (Phi) is 7.68. The lowest BCUT2D eigenvalue weighted by Gasteiger charge is -2.26. The van der Waals surface area contributed by atoms with Gasteiger partial charge in [-0.05, 0) is 56.4 Å². The lowest BCUT2D eigenvalue weighted by atomic mass is 10.1. The molecule has 1 saturated heterocycles. The van der Waals surface area contributed by atoms with Gasteiger partial charge < -0.3 is 15.5 Å². The Morgan fingerprint density at radius 1 is 1.03 bits per heavy atom. The van der Waals surface area contributed by atoms with Gasteiger partial charge in [0.05, 0.1) is 12.6 Å². The van der Waals surface area contributed by atoms with Gasteiger partial charge >= 0.3 is 0 Å². The fourth-order valence-electron chi connectivity index (χ4n) is 3.55. The first-order valence-electron chi connectivity index (χ1n) is 10.7. The highest BCUT2D eigenvalue weighted by Gasteiger charge is 2.17. The second-order valence-electron chi connectivity index (χ2n) is 7.52. The van der Waals surface area contributed by atoms with Gasteiger partial charge in [-0.15, -0.1) is 0 Å². The second kappa shape index (κ2) is 10.6. The molecule has 1 atom stereocenters. The topological polar surface area (TPSA) is 56.7 Å². The molecular weight excluding hydrogens is 360 g/mol. The molecular formula is C24H32N4O. The van der Waals surface area contributed by atoms with Crippen molar-refractivity contribution in [3.63, 3.8) is 0 Å². The standard InChI is InChI=1S/C24H32N4O/c1-3-25-24(27-19(2)21-10-6-4-7-11-21)26-18-20-12-14-22(15-13-20)23(29)28-16-8-5-9-17-28/h4,6-7,10-15,19H,3,5,8-9,16-18H2,1-2H3,(H2,25,26,27). The van der Waals surface area contributed by atoms with Crippen LogP contribution in [0.1, 0.15) is 60.6 Å². The first kappa shape index (κ1) is 20.9. The van der Waals surface area contributed by atoms with Gasteiger partial charge in [0, 0.05) is 25.2 Å². The maximum atomic E-state index is 12.6. The van der Waals surface area contributed by atoms with Crippen molar-refractivity contribution in [2.45, 2.75) is 45.7 Å². The van der Waals surface area contributed by atoms with E-state index < -0.39 is 0 Å². The molecule has 0 bridgehead atoms. The molecule has 2 aromatic carbocycles. The predicted molar refractivity (Wildman–Crippen MR) is 119 cm³/mol. The summed E-state index contributed by atoms with van der Waals surface area (Å²) in [5.41, 5.74) is 3.07. The SMILES string of the molecule is CCNC(=NCc1ccc(C(=O)N2CCCCC2)cc1)NC(C)c1ccccc1. The van der Waals surface area contributed by atoms with Gasteiger partial charge in [0.25, 0.3) is 5.91 Å². The third kappa shape index (κ3) is 6.08. The summed E-state index contributed by atoms with van der Waals surface area (Å²) in [6, 6.07) is 18.4. The number of hydrogen-bond donors (Lipinski definition) is 2. The smallest absolute Gasteiger partial charge is 0.253 e. The number of benzene rings is 2. The Morgan fingerprint density at radius 2 is 1.72 bits per heavy atom. The van der Waals surface area contributed by atoms with Gasteiger partial charge in [-0.3, -0.25) is 4.79 Å². The van der Waals surface area contributed by atoms with Crippen LogP contribution >= 0.6 is 0 Å². The van der Waals surface area contributed by atoms with Gasteiger partial charge in [0.1, 0.15) is 0 Å². The van der Waals surface area contributed by atoms with Gasteiger partial charge in [0.15, 0.2) is 5.96 Å². The van der Waals surface area contributed by atoms with Gasteiger partial charge in [-0.2, -0.15) is 0 Å². The molecule has 1 fully saturated rings. The number of nitrogens with one attached hydrogen (secondary N) is 2. The van der Waals surface area contributed by atoms with Crippen LogP contribution in [0.15, 0.2) is 59.6 Å². The van der Waals surface area contributed by atoms with Crippen LogP contribution in [0.5, 0.6) is 0 Å². The number of aliphatic imine (C=N–C) groups is 1. The van der Waals surface area contributed by atoms with E-state index in [1.807, 2.05) is 47.4 Å². The van der Waals surface area contributed by atoms with Crippen LogP contribution in [-0.2, 0) is 6.54 Å². The van der Waals surface area contributed by atoms with Crippen LogP contribution in [0.4, 0.5) is 0 Å². The Balaban J connectivity index is 1.60. The van der Waals surface area contributed by atoms with E-state index in [9.17, 15) is 4.79 Å². The summed E-state index contributed by atoms with van der Waals surface area (Å²) < 4.78 is 0. The number of guanidine groups is 1. The average Bonchev–Trinajstić information content (AvgIpc) is 2.78. The van der Waals surface area contributed by atoms with Crippen molar-refractivity contribution in [3.05, 3.63) is 71.3 Å². The molecule has 0 spiro atoms. The number of carbonyl (C=O) groups excluding carboxylic acids is 1. The molecule has 1 amide bonds. The normalized spacial score (nSPS) is 15.7. The van der Waals surface area contributed by atoms with Crippen LogP contribution in [-0.4, -0.2) is 36.4 Å². The first-order chi connectivity index (χ1) is 14.2. The molecule has 0 aromatic heterocycles. The van der Waals surface area contributed by atoms with Crippen molar-refractivity contribution in [1.29, 1.82) is 0 Å². The molecule has 1 aliphatic heterocycles. The van der Waals surface area contributed by atoms with E-state index in [-0.39, 0.29) is 11.9 Å². The summed E-state index contributed by atoms with van der Waals surface area (Å²) in [5, 5.41) is 6.76. The molecule has 0 radical (unpaired) electrons. The van der Waals surface area contributed by atoms with E-state index in [0.717, 1.165) is 49.6 Å². The number of likely N-dealkylation sites (tertiary alicyclic amines) is 1. The minimum absolute atomic E-state index is 0.145. The first-order valence-corrected chi connectivity index (χ1v) is 10.7. The maximum absolute atomic E-state index is 12.6. The Bertz CT molecular complexity index is 795. The van der Waals surface area contributed by atoms with Crippen molar-refractivity contribution in [1.82, 2.24) is 15.5 Å². The summed E-state index contributed by atoms with van der Waals surface area (Å²) in [7, 11) is 0. The predicted octanol–water partition coefficient (Wildman–Crippen LogP) is 4.13. The number of carbonyl (C=O) groups is 1. The Morgan fingerprint density at radius 3 is 2.38 bits per heavy atom. The van der Waals surface area contributed by atoms with E-state index in [1.165, 1.54) is 12.0 Å². The summed E-state index contributed by atoms with van der Waals surface area (Å²) in [5.74, 6) is 0.934. The highest BCUT2D eigenvalue weighted by atomic mass is 16.2. The number of hydrogen-bond acceptors (Lipinski definition) is 2. The van der Waals surface area contributed by atoms with Gasteiger partial charge in [0.2, 0.25) is 0 Å². The third-order valence-corrected chi connectivity index (χ3v) is 5.26. The largest absolute Gasteiger partial charge is 0.357 e. The van der Waals surface area contributed by atoms with Crippen molar-refractivity contribution < 1.29 is 4.79 Å². The lowest BCUT2D eigenvalue weighted by Crippen LogP contribution is -2.38. The van der Waals surface area contributed by atoms with Gasteiger partial charge in [-0.25, -0.2) is 4.99 Å². The second-order valence-corrected chi connectivity index (χ2v) is 7.52. The lowest BCUT2D eigenvalue weighted by molar-refractivity contribution is 0.0724. The van der Waals surface area contributed by atoms with E-state index in [0.29, 0.717) is 6.54 Å². The molecule has 5 heteroatoms. The quantitative estimate of drug-likeness (QED) is 0.574. The molecule has 1 heterocycles. The maximum Gasteiger partial charge on any atom is 0.253 e. The molecule has 1 aliphatic rings. The summed E-state index contributed by atoms with van der Waals surface area (Å²) in [4.78, 5) is 19.3. The van der Waals surface area contributed by atoms with Crippen molar-refractivity contribution >= 4 is 11.9 Å². The summed E-state index contributed by atoms with van der Waals surface area (Å²) in [6.07, 6.45) is 3.45. The summed E-state index contributed by atoms with van der Waals surface area (Å²) in [6.45, 7) is 7.31. The van der Waals surface area contributed by atoms with Crippen LogP contribution in [0, 0.1) is 0 Å². The number of nitrogens with zero attached hydrogens (tertiary/aromatic N) is 2. The van der Waals surface area contributed by atoms with Crippen molar-refractivity contribution in [2.75, 3.05) is 19.6 Å². The van der Waals surface area contributed by atoms with E-state index >= 15 is 0 Å². The molecule has 3 rings (SSSR count). The molecule has 2 N–H and O–H groups in total. The molecule has 2 aromatic rings. The molecule has 0 aliphatic carbocycles. The monoisotopic (exact) mass is 392 g/mol. The minimum Gasteiger partial charge on any atom is -0.357 e. The fourth-order valence-corrected chi connectivity index (χ4v) is 3.55. The average molecular weight is 393 g/mol. The molecule has 5 nitrogen and oxygen atoms in total. The molecule has 154 valence electrons.